The molecule has 2 rings (SSSR count). The van der Waals surface area contributed by atoms with E-state index in [1.807, 2.05) is 17.0 Å². The van der Waals surface area contributed by atoms with Crippen molar-refractivity contribution in [3.8, 4) is 0 Å². The number of nitrogens with one attached hydrogen (secondary N) is 2. The van der Waals surface area contributed by atoms with Gasteiger partial charge in [0.05, 0.1) is 6.54 Å². The lowest BCUT2D eigenvalue weighted by Crippen LogP contribution is -2.38. The number of ether oxygens (including phenoxy) is 1. The van der Waals surface area contributed by atoms with Crippen molar-refractivity contribution in [3.05, 3.63) is 35.4 Å². The highest BCUT2D eigenvalue weighted by atomic mass is 127. The summed E-state index contributed by atoms with van der Waals surface area (Å²) in [5, 5.41) is 6.67. The van der Waals surface area contributed by atoms with Crippen molar-refractivity contribution in [2.75, 3.05) is 32.8 Å². The molecule has 0 saturated carbocycles. The van der Waals surface area contributed by atoms with Gasteiger partial charge in [-0.2, -0.15) is 0 Å². The summed E-state index contributed by atoms with van der Waals surface area (Å²) >= 11 is 0. The normalized spacial score (nSPS) is 14.1. The van der Waals surface area contributed by atoms with E-state index in [1.165, 1.54) is 17.5 Å². The number of halogens is 1. The number of nitrogens with zero attached hydrogens (tertiary/aromatic N) is 2. The third kappa shape index (κ3) is 9.80. The Labute approximate surface area is 192 Å². The van der Waals surface area contributed by atoms with Gasteiger partial charge in [0.15, 0.2) is 5.96 Å². The number of benzene rings is 1. The van der Waals surface area contributed by atoms with Gasteiger partial charge in [-0.3, -0.25) is 4.79 Å². The largest absolute Gasteiger partial charge is 0.381 e. The molecular weight excluding hydrogens is 479 g/mol. The predicted octanol–water partition coefficient (Wildman–Crippen LogP) is 3.69. The van der Waals surface area contributed by atoms with Gasteiger partial charge < -0.3 is 20.3 Å². The molecule has 1 aromatic carbocycles. The van der Waals surface area contributed by atoms with Gasteiger partial charge in [0.1, 0.15) is 0 Å². The lowest BCUT2D eigenvalue weighted by molar-refractivity contribution is -0.128. The van der Waals surface area contributed by atoms with Gasteiger partial charge in [0.2, 0.25) is 5.91 Å². The van der Waals surface area contributed by atoms with Gasteiger partial charge in [-0.1, -0.05) is 37.6 Å². The smallest absolute Gasteiger partial charge is 0.222 e. The first-order valence-corrected chi connectivity index (χ1v) is 10.7. The van der Waals surface area contributed by atoms with Gasteiger partial charge >= 0.3 is 0 Å². The average molecular weight is 516 g/mol. The van der Waals surface area contributed by atoms with Crippen molar-refractivity contribution < 1.29 is 9.53 Å². The Hall–Kier alpha value is -1.35. The maximum absolute atomic E-state index is 11.9. The van der Waals surface area contributed by atoms with Crippen LogP contribution in [0.4, 0.5) is 0 Å². The molecule has 1 fully saturated rings. The van der Waals surface area contributed by atoms with Gasteiger partial charge in [-0.15, -0.1) is 24.0 Å². The second kappa shape index (κ2) is 15.5. The minimum atomic E-state index is 0. The van der Waals surface area contributed by atoms with E-state index in [0.29, 0.717) is 19.5 Å². The summed E-state index contributed by atoms with van der Waals surface area (Å²) < 4.78 is 5.60. The molecule has 0 atom stereocenters. The second-order valence-corrected chi connectivity index (χ2v) is 7.13. The summed E-state index contributed by atoms with van der Waals surface area (Å²) in [5.41, 5.74) is 2.35. The summed E-state index contributed by atoms with van der Waals surface area (Å²) in [6.07, 6.45) is 4.90. The number of hydrogen-bond donors (Lipinski definition) is 2. The molecule has 1 saturated heterocycles. The number of amides is 1. The maximum atomic E-state index is 11.9. The maximum Gasteiger partial charge on any atom is 0.222 e. The van der Waals surface area contributed by atoms with Gasteiger partial charge in [-0.05, 0) is 37.3 Å². The fraction of sp³-hybridized carbons (Fsp3) is 0.636. The van der Waals surface area contributed by atoms with Crippen molar-refractivity contribution in [1.82, 2.24) is 15.5 Å². The molecule has 164 valence electrons. The Bertz CT molecular complexity index is 625. The van der Waals surface area contributed by atoms with Crippen molar-refractivity contribution in [2.45, 2.75) is 59.0 Å². The highest BCUT2D eigenvalue weighted by molar-refractivity contribution is 14.0. The Morgan fingerprint density at radius 3 is 2.59 bits per heavy atom. The summed E-state index contributed by atoms with van der Waals surface area (Å²) in [5.74, 6) is 1.08. The molecule has 0 aromatic heterocycles. The molecule has 6 nitrogen and oxygen atoms in total. The molecule has 0 bridgehead atoms. The first-order valence-electron chi connectivity index (χ1n) is 10.7. The number of likely N-dealkylation sites (tertiary alicyclic amines) is 1. The molecule has 1 amide bonds. The average Bonchev–Trinajstić information content (AvgIpc) is 3.11. The van der Waals surface area contributed by atoms with Crippen LogP contribution in [-0.2, 0) is 22.6 Å². The van der Waals surface area contributed by atoms with Crippen LogP contribution < -0.4 is 10.6 Å². The lowest BCUT2D eigenvalue weighted by Gasteiger charge is -2.18. The Balaban J connectivity index is 0.00000420. The quantitative estimate of drug-likeness (QED) is 0.193. The predicted molar refractivity (Wildman–Crippen MR) is 130 cm³/mol. The number of unbranched alkanes of at least 4 members (excludes halogenated alkanes) is 1. The van der Waals surface area contributed by atoms with Crippen LogP contribution in [0.15, 0.2) is 29.3 Å². The summed E-state index contributed by atoms with van der Waals surface area (Å²) in [6, 6.07) is 8.27. The number of carbonyl (C=O) groups excluding carboxylic acids is 1. The van der Waals surface area contributed by atoms with E-state index < -0.39 is 0 Å². The third-order valence-electron chi connectivity index (χ3n) is 4.80. The number of rotatable bonds is 12. The van der Waals surface area contributed by atoms with Crippen molar-refractivity contribution in [3.63, 3.8) is 0 Å². The van der Waals surface area contributed by atoms with Gasteiger partial charge in [-0.25, -0.2) is 4.99 Å². The van der Waals surface area contributed by atoms with E-state index in [0.717, 1.165) is 58.1 Å². The van der Waals surface area contributed by atoms with Crippen molar-refractivity contribution >= 4 is 35.8 Å². The zero-order chi connectivity index (χ0) is 20.0. The monoisotopic (exact) mass is 516 g/mol. The summed E-state index contributed by atoms with van der Waals surface area (Å²) in [6.45, 7) is 9.67. The fourth-order valence-electron chi connectivity index (χ4n) is 3.18. The van der Waals surface area contributed by atoms with E-state index in [4.69, 9.17) is 9.73 Å². The Morgan fingerprint density at radius 2 is 1.90 bits per heavy atom. The van der Waals surface area contributed by atoms with E-state index >= 15 is 0 Å². The molecule has 2 N–H and O–H groups in total. The summed E-state index contributed by atoms with van der Waals surface area (Å²) in [7, 11) is 0. The third-order valence-corrected chi connectivity index (χ3v) is 4.80. The summed E-state index contributed by atoms with van der Waals surface area (Å²) in [4.78, 5) is 18.6. The number of carbonyl (C=O) groups is 1. The van der Waals surface area contributed by atoms with Gasteiger partial charge in [0.25, 0.3) is 0 Å². The molecule has 1 aliphatic heterocycles. The topological polar surface area (TPSA) is 66.0 Å². The van der Waals surface area contributed by atoms with Crippen LogP contribution in [0.5, 0.6) is 0 Å². The molecule has 1 heterocycles. The molecule has 7 heteroatoms. The van der Waals surface area contributed by atoms with Crippen LogP contribution >= 0.6 is 24.0 Å². The molecule has 0 aliphatic carbocycles. The molecule has 0 radical (unpaired) electrons. The minimum Gasteiger partial charge on any atom is -0.381 e. The van der Waals surface area contributed by atoms with Crippen LogP contribution in [0, 0.1) is 0 Å². The molecule has 0 unspecified atom stereocenters. The first-order chi connectivity index (χ1) is 13.7. The van der Waals surface area contributed by atoms with E-state index in [9.17, 15) is 4.79 Å². The van der Waals surface area contributed by atoms with Crippen LogP contribution in [-0.4, -0.2) is 49.6 Å². The Kier molecular flexibility index (Phi) is 13.7. The van der Waals surface area contributed by atoms with Crippen LogP contribution in [0.3, 0.4) is 0 Å². The van der Waals surface area contributed by atoms with E-state index in [1.54, 1.807) is 0 Å². The Morgan fingerprint density at radius 1 is 1.14 bits per heavy atom. The second-order valence-electron chi connectivity index (χ2n) is 7.13. The highest BCUT2D eigenvalue weighted by Crippen LogP contribution is 2.17. The van der Waals surface area contributed by atoms with Crippen LogP contribution in [0.1, 0.15) is 57.1 Å². The van der Waals surface area contributed by atoms with Crippen molar-refractivity contribution in [2.24, 2.45) is 4.99 Å². The molecule has 0 spiro atoms. The SMILES string of the molecule is CCCCOCCCNC(=NCc1ccccc1CN1CCCC1=O)NCC.I. The highest BCUT2D eigenvalue weighted by Gasteiger charge is 2.20. The number of aliphatic imine (C=N–C) groups is 1. The van der Waals surface area contributed by atoms with E-state index in [-0.39, 0.29) is 29.9 Å². The van der Waals surface area contributed by atoms with E-state index in [2.05, 4.69) is 36.6 Å². The van der Waals surface area contributed by atoms with Gasteiger partial charge in [0, 0.05) is 45.8 Å². The molecule has 1 aliphatic rings. The van der Waals surface area contributed by atoms with Crippen molar-refractivity contribution in [1.29, 1.82) is 0 Å². The first kappa shape index (κ1) is 25.7. The fourth-order valence-corrected chi connectivity index (χ4v) is 3.18. The van der Waals surface area contributed by atoms with Crippen LogP contribution in [0.2, 0.25) is 0 Å². The molecule has 1 aromatic rings. The number of hydrogen-bond acceptors (Lipinski definition) is 3. The molecular formula is C22H37IN4O2. The number of guanidine groups is 1. The van der Waals surface area contributed by atoms with Crippen LogP contribution in [0.25, 0.3) is 0 Å². The zero-order valence-corrected chi connectivity index (χ0v) is 20.2. The lowest BCUT2D eigenvalue weighted by atomic mass is 10.1. The minimum absolute atomic E-state index is 0. The molecule has 29 heavy (non-hydrogen) atoms. The standard InChI is InChI=1S/C22H36N4O2.HI/c1-3-5-15-28-16-9-13-24-22(23-4-2)25-17-19-10-6-7-11-20(19)18-26-14-8-12-21(26)27;/h6-7,10-11H,3-5,8-9,12-18H2,1-2H3,(H2,23,24,25);1H. The zero-order valence-electron chi connectivity index (χ0n) is 17.9.